The van der Waals surface area contributed by atoms with Crippen LogP contribution in [0.4, 0.5) is 5.82 Å². The van der Waals surface area contributed by atoms with Crippen molar-refractivity contribution in [3.05, 3.63) is 38.2 Å². The average molecular weight is 317 g/mol. The Labute approximate surface area is 123 Å². The van der Waals surface area contributed by atoms with E-state index in [4.69, 9.17) is 23.2 Å². The third-order valence-corrected chi connectivity index (χ3v) is 3.76. The Kier molecular flexibility index (Phi) is 4.34. The van der Waals surface area contributed by atoms with Gasteiger partial charge in [-0.2, -0.15) is 0 Å². The van der Waals surface area contributed by atoms with Gasteiger partial charge >= 0.3 is 0 Å². The quantitative estimate of drug-likeness (QED) is 0.852. The maximum absolute atomic E-state index is 11.4. The molecule has 19 heavy (non-hydrogen) atoms. The number of aromatic nitrogens is 3. The maximum Gasteiger partial charge on any atom is 0.251 e. The summed E-state index contributed by atoms with van der Waals surface area (Å²) in [6.45, 7) is 1.75. The van der Waals surface area contributed by atoms with E-state index in [0.717, 1.165) is 0 Å². The second kappa shape index (κ2) is 5.81. The second-order valence-electron chi connectivity index (χ2n) is 3.65. The number of nitrogens with one attached hydrogen (secondary N) is 2. The van der Waals surface area contributed by atoms with Gasteiger partial charge in [-0.15, -0.1) is 0 Å². The Hall–Kier alpha value is -1.24. The van der Waals surface area contributed by atoms with Crippen molar-refractivity contribution in [3.63, 3.8) is 0 Å². The van der Waals surface area contributed by atoms with Crippen LogP contribution in [-0.4, -0.2) is 22.0 Å². The zero-order valence-electron chi connectivity index (χ0n) is 10.1. The molecule has 0 radical (unpaired) electrons. The van der Waals surface area contributed by atoms with E-state index in [2.05, 4.69) is 20.3 Å². The lowest BCUT2D eigenvalue weighted by Crippen LogP contribution is -2.08. The van der Waals surface area contributed by atoms with Crippen LogP contribution in [0.15, 0.2) is 27.1 Å². The smallest absolute Gasteiger partial charge is 0.251 e. The van der Waals surface area contributed by atoms with Gasteiger partial charge in [-0.05, 0) is 24.8 Å². The Morgan fingerprint density at radius 2 is 2.00 bits per heavy atom. The number of rotatable bonds is 3. The van der Waals surface area contributed by atoms with E-state index < -0.39 is 0 Å². The molecule has 100 valence electrons. The monoisotopic (exact) mass is 316 g/mol. The van der Waals surface area contributed by atoms with Crippen LogP contribution in [0, 0.1) is 6.92 Å². The van der Waals surface area contributed by atoms with Crippen LogP contribution in [0.5, 0.6) is 0 Å². The minimum absolute atomic E-state index is 0.214. The third kappa shape index (κ3) is 3.40. The SMILES string of the molecule is CNc1nc(Sc2nc(C)cc(=O)[nH]2)c(Cl)cc1Cl. The minimum atomic E-state index is -0.214. The molecule has 0 aliphatic rings. The second-order valence-corrected chi connectivity index (χ2v) is 5.44. The molecule has 0 atom stereocenters. The van der Waals surface area contributed by atoms with Gasteiger partial charge in [0.15, 0.2) is 5.16 Å². The summed E-state index contributed by atoms with van der Waals surface area (Å²) >= 11 is 13.2. The number of aromatic amines is 1. The number of hydrogen-bond donors (Lipinski definition) is 2. The van der Waals surface area contributed by atoms with E-state index in [1.165, 1.54) is 17.8 Å². The van der Waals surface area contributed by atoms with Gasteiger partial charge < -0.3 is 10.3 Å². The van der Waals surface area contributed by atoms with Crippen molar-refractivity contribution in [2.45, 2.75) is 17.1 Å². The topological polar surface area (TPSA) is 70.7 Å². The number of aryl methyl sites for hydroxylation is 1. The van der Waals surface area contributed by atoms with Crippen LogP contribution in [-0.2, 0) is 0 Å². The first-order valence-corrected chi connectivity index (χ1v) is 6.86. The first-order chi connectivity index (χ1) is 8.99. The lowest BCUT2D eigenvalue weighted by molar-refractivity contribution is 0.902. The number of halogens is 2. The number of pyridine rings is 1. The van der Waals surface area contributed by atoms with Crippen molar-refractivity contribution in [1.82, 2.24) is 15.0 Å². The third-order valence-electron chi connectivity index (χ3n) is 2.18. The molecule has 0 aromatic carbocycles. The summed E-state index contributed by atoms with van der Waals surface area (Å²) in [6.07, 6.45) is 0. The fraction of sp³-hybridized carbons (Fsp3) is 0.182. The zero-order chi connectivity index (χ0) is 14.0. The van der Waals surface area contributed by atoms with Crippen molar-refractivity contribution in [2.24, 2.45) is 0 Å². The Bertz CT molecular complexity index is 674. The van der Waals surface area contributed by atoms with Gasteiger partial charge in [-0.1, -0.05) is 23.2 Å². The fourth-order valence-electron chi connectivity index (χ4n) is 1.39. The number of H-pyrrole nitrogens is 1. The molecule has 2 rings (SSSR count). The molecule has 2 aromatic rings. The molecule has 0 unspecified atom stereocenters. The molecule has 0 fully saturated rings. The zero-order valence-corrected chi connectivity index (χ0v) is 12.4. The molecule has 2 aromatic heterocycles. The summed E-state index contributed by atoms with van der Waals surface area (Å²) in [5, 5.41) is 4.65. The van der Waals surface area contributed by atoms with Crippen molar-refractivity contribution in [3.8, 4) is 0 Å². The molecule has 2 heterocycles. The van der Waals surface area contributed by atoms with Crippen molar-refractivity contribution < 1.29 is 0 Å². The first kappa shape index (κ1) is 14.2. The highest BCUT2D eigenvalue weighted by molar-refractivity contribution is 7.99. The normalized spacial score (nSPS) is 10.5. The molecule has 0 bridgehead atoms. The van der Waals surface area contributed by atoms with E-state index >= 15 is 0 Å². The fourth-order valence-corrected chi connectivity index (χ4v) is 2.77. The van der Waals surface area contributed by atoms with E-state index in [-0.39, 0.29) is 5.56 Å². The summed E-state index contributed by atoms with van der Waals surface area (Å²) < 4.78 is 0. The highest BCUT2D eigenvalue weighted by Crippen LogP contribution is 2.34. The van der Waals surface area contributed by atoms with Crippen LogP contribution in [0.25, 0.3) is 0 Å². The average Bonchev–Trinajstić information content (AvgIpc) is 2.31. The summed E-state index contributed by atoms with van der Waals surface area (Å²) in [4.78, 5) is 22.5. The number of hydrogen-bond acceptors (Lipinski definition) is 5. The molecule has 8 heteroatoms. The number of nitrogens with zero attached hydrogens (tertiary/aromatic N) is 2. The van der Waals surface area contributed by atoms with Crippen LogP contribution in [0.3, 0.4) is 0 Å². The van der Waals surface area contributed by atoms with Gasteiger partial charge in [0.1, 0.15) is 10.8 Å². The first-order valence-electron chi connectivity index (χ1n) is 5.29. The van der Waals surface area contributed by atoms with Gasteiger partial charge in [0.25, 0.3) is 5.56 Å². The Morgan fingerprint density at radius 1 is 1.26 bits per heavy atom. The van der Waals surface area contributed by atoms with E-state index in [1.807, 2.05) is 0 Å². The standard InChI is InChI=1S/C11H10Cl2N4OS/c1-5-3-8(18)16-11(15-5)19-10-7(13)4-6(12)9(14-2)17-10/h3-4H,1-2H3,(H,14,17)(H,15,16,18). The van der Waals surface area contributed by atoms with E-state index in [0.29, 0.717) is 31.7 Å². The molecule has 0 aliphatic carbocycles. The van der Waals surface area contributed by atoms with Gasteiger partial charge in [-0.3, -0.25) is 4.79 Å². The molecule has 0 saturated heterocycles. The summed E-state index contributed by atoms with van der Waals surface area (Å²) in [5.74, 6) is 0.517. The maximum atomic E-state index is 11.4. The predicted molar refractivity (Wildman–Crippen MR) is 77.5 cm³/mol. The molecular formula is C11H10Cl2N4OS. The van der Waals surface area contributed by atoms with E-state index in [9.17, 15) is 4.79 Å². The van der Waals surface area contributed by atoms with Crippen molar-refractivity contribution in [1.29, 1.82) is 0 Å². The summed E-state index contributed by atoms with van der Waals surface area (Å²) in [6, 6.07) is 3.01. The lowest BCUT2D eigenvalue weighted by atomic mass is 10.4. The molecule has 0 aliphatic heterocycles. The summed E-state index contributed by atoms with van der Waals surface area (Å²) in [7, 11) is 1.71. The van der Waals surface area contributed by atoms with Gasteiger partial charge in [0, 0.05) is 18.8 Å². The van der Waals surface area contributed by atoms with Crippen molar-refractivity contribution in [2.75, 3.05) is 12.4 Å². The lowest BCUT2D eigenvalue weighted by Gasteiger charge is -2.07. The van der Waals surface area contributed by atoms with Crippen LogP contribution < -0.4 is 10.9 Å². The van der Waals surface area contributed by atoms with Gasteiger partial charge in [0.2, 0.25) is 0 Å². The summed E-state index contributed by atoms with van der Waals surface area (Å²) in [5.41, 5.74) is 0.416. The van der Waals surface area contributed by atoms with Crippen LogP contribution in [0.2, 0.25) is 10.0 Å². The van der Waals surface area contributed by atoms with Crippen LogP contribution in [0.1, 0.15) is 5.69 Å². The molecule has 0 amide bonds. The Balaban J connectivity index is 2.40. The van der Waals surface area contributed by atoms with Crippen molar-refractivity contribution >= 4 is 40.8 Å². The van der Waals surface area contributed by atoms with Crippen LogP contribution >= 0.6 is 35.0 Å². The van der Waals surface area contributed by atoms with Gasteiger partial charge in [-0.25, -0.2) is 9.97 Å². The largest absolute Gasteiger partial charge is 0.372 e. The van der Waals surface area contributed by atoms with E-state index in [1.54, 1.807) is 20.0 Å². The number of anilines is 1. The minimum Gasteiger partial charge on any atom is -0.372 e. The highest BCUT2D eigenvalue weighted by atomic mass is 35.5. The molecule has 0 saturated carbocycles. The molecule has 2 N–H and O–H groups in total. The van der Waals surface area contributed by atoms with Gasteiger partial charge in [0.05, 0.1) is 10.0 Å². The highest BCUT2D eigenvalue weighted by Gasteiger charge is 2.11. The molecule has 0 spiro atoms. The predicted octanol–water partition coefficient (Wildman–Crippen LogP) is 2.97. The Morgan fingerprint density at radius 3 is 2.63 bits per heavy atom. The molecule has 5 nitrogen and oxygen atoms in total. The molecular weight excluding hydrogens is 307 g/mol.